The smallest absolute Gasteiger partial charge is 0.223 e. The molecular formula is C13H28N2O. The molecule has 1 atom stereocenters. The molecule has 0 aliphatic carbocycles. The molecule has 1 N–H and O–H groups in total. The molecule has 0 fully saturated rings. The molecule has 0 aromatic rings. The van der Waals surface area contributed by atoms with Gasteiger partial charge >= 0.3 is 0 Å². The lowest BCUT2D eigenvalue weighted by atomic mass is 10.0. The van der Waals surface area contributed by atoms with Gasteiger partial charge in [-0.15, -0.1) is 0 Å². The van der Waals surface area contributed by atoms with Crippen molar-refractivity contribution in [3.63, 3.8) is 0 Å². The Kier molecular flexibility index (Phi) is 8.26. The molecule has 16 heavy (non-hydrogen) atoms. The van der Waals surface area contributed by atoms with Crippen molar-refractivity contribution >= 4 is 5.91 Å². The van der Waals surface area contributed by atoms with E-state index in [4.69, 9.17) is 0 Å². The van der Waals surface area contributed by atoms with Gasteiger partial charge in [0.25, 0.3) is 0 Å². The molecule has 0 bridgehead atoms. The van der Waals surface area contributed by atoms with Gasteiger partial charge in [0.2, 0.25) is 5.91 Å². The van der Waals surface area contributed by atoms with Crippen LogP contribution in [0, 0.1) is 5.92 Å². The summed E-state index contributed by atoms with van der Waals surface area (Å²) in [6, 6.07) is 0.532. The van der Waals surface area contributed by atoms with Gasteiger partial charge in [-0.1, -0.05) is 20.8 Å². The zero-order valence-electron chi connectivity index (χ0n) is 11.5. The van der Waals surface area contributed by atoms with Gasteiger partial charge < -0.3 is 10.2 Å². The molecule has 0 aromatic carbocycles. The van der Waals surface area contributed by atoms with E-state index in [1.807, 2.05) is 18.7 Å². The maximum Gasteiger partial charge on any atom is 0.223 e. The second-order valence-corrected chi connectivity index (χ2v) is 4.53. The second-order valence-electron chi connectivity index (χ2n) is 4.53. The van der Waals surface area contributed by atoms with Crippen molar-refractivity contribution in [2.75, 3.05) is 19.6 Å². The van der Waals surface area contributed by atoms with Crippen molar-refractivity contribution < 1.29 is 4.79 Å². The van der Waals surface area contributed by atoms with Crippen LogP contribution < -0.4 is 5.32 Å². The van der Waals surface area contributed by atoms with Crippen molar-refractivity contribution in [2.24, 2.45) is 5.92 Å². The first-order chi connectivity index (χ1) is 7.56. The minimum atomic E-state index is 0.260. The van der Waals surface area contributed by atoms with Crippen LogP contribution in [-0.2, 0) is 4.79 Å². The highest BCUT2D eigenvalue weighted by atomic mass is 16.2. The van der Waals surface area contributed by atoms with E-state index < -0.39 is 0 Å². The van der Waals surface area contributed by atoms with E-state index in [9.17, 15) is 4.79 Å². The van der Waals surface area contributed by atoms with Gasteiger partial charge in [-0.3, -0.25) is 4.79 Å². The van der Waals surface area contributed by atoms with Crippen LogP contribution in [0.4, 0.5) is 0 Å². The van der Waals surface area contributed by atoms with E-state index in [2.05, 4.69) is 26.1 Å². The summed E-state index contributed by atoms with van der Waals surface area (Å²) in [7, 11) is 0. The Morgan fingerprint density at radius 3 is 2.12 bits per heavy atom. The Morgan fingerprint density at radius 2 is 1.75 bits per heavy atom. The molecule has 0 aliphatic heterocycles. The molecule has 0 rings (SSSR count). The van der Waals surface area contributed by atoms with E-state index in [1.54, 1.807) is 0 Å². The van der Waals surface area contributed by atoms with Crippen molar-refractivity contribution in [1.82, 2.24) is 10.2 Å². The number of amides is 1. The fourth-order valence-corrected chi connectivity index (χ4v) is 1.95. The Balaban J connectivity index is 3.84. The molecule has 0 aliphatic rings. The summed E-state index contributed by atoms with van der Waals surface area (Å²) in [5.41, 5.74) is 0. The number of nitrogens with zero attached hydrogens (tertiary/aromatic N) is 1. The molecule has 0 radical (unpaired) electrons. The molecule has 0 aromatic heterocycles. The summed E-state index contributed by atoms with van der Waals surface area (Å²) in [6.45, 7) is 13.1. The van der Waals surface area contributed by atoms with Crippen LogP contribution >= 0.6 is 0 Å². The van der Waals surface area contributed by atoms with E-state index >= 15 is 0 Å². The van der Waals surface area contributed by atoms with E-state index in [0.717, 1.165) is 26.1 Å². The first-order valence-corrected chi connectivity index (χ1v) is 6.57. The lowest BCUT2D eigenvalue weighted by Gasteiger charge is -2.22. The standard InChI is InChI=1S/C13H28N2O/c1-6-12(11(4)5)14-10-9-13(16)15(7-2)8-3/h11-12,14H,6-10H2,1-5H3. The predicted molar refractivity (Wildman–Crippen MR) is 69.5 cm³/mol. The number of hydrogen-bond acceptors (Lipinski definition) is 2. The van der Waals surface area contributed by atoms with Crippen LogP contribution in [0.15, 0.2) is 0 Å². The lowest BCUT2D eigenvalue weighted by molar-refractivity contribution is -0.130. The zero-order chi connectivity index (χ0) is 12.6. The average molecular weight is 228 g/mol. The maximum absolute atomic E-state index is 11.7. The Morgan fingerprint density at radius 1 is 1.19 bits per heavy atom. The summed E-state index contributed by atoms with van der Waals surface area (Å²) in [4.78, 5) is 13.6. The number of carbonyl (C=O) groups is 1. The van der Waals surface area contributed by atoms with Crippen LogP contribution in [0.25, 0.3) is 0 Å². The Bertz CT molecular complexity index is 188. The minimum absolute atomic E-state index is 0.260. The van der Waals surface area contributed by atoms with Crippen molar-refractivity contribution in [2.45, 2.75) is 53.5 Å². The summed E-state index contributed by atoms with van der Waals surface area (Å²) in [5, 5.41) is 3.46. The second kappa shape index (κ2) is 8.57. The summed E-state index contributed by atoms with van der Waals surface area (Å²) < 4.78 is 0. The van der Waals surface area contributed by atoms with Crippen LogP contribution in [-0.4, -0.2) is 36.5 Å². The average Bonchev–Trinajstić information content (AvgIpc) is 2.25. The largest absolute Gasteiger partial charge is 0.343 e. The van der Waals surface area contributed by atoms with Gasteiger partial charge in [-0.2, -0.15) is 0 Å². The van der Waals surface area contributed by atoms with Gasteiger partial charge in [0, 0.05) is 32.1 Å². The quantitative estimate of drug-likeness (QED) is 0.691. The third-order valence-corrected chi connectivity index (χ3v) is 3.11. The first kappa shape index (κ1) is 15.4. The minimum Gasteiger partial charge on any atom is -0.343 e. The fraction of sp³-hybridized carbons (Fsp3) is 0.923. The van der Waals surface area contributed by atoms with Gasteiger partial charge in [-0.25, -0.2) is 0 Å². The van der Waals surface area contributed by atoms with Gasteiger partial charge in [-0.05, 0) is 26.2 Å². The van der Waals surface area contributed by atoms with Gasteiger partial charge in [0.05, 0.1) is 0 Å². The predicted octanol–water partition coefficient (Wildman–Crippen LogP) is 2.27. The zero-order valence-corrected chi connectivity index (χ0v) is 11.5. The summed E-state index contributed by atoms with van der Waals surface area (Å²) in [6.07, 6.45) is 1.74. The molecule has 0 saturated heterocycles. The highest BCUT2D eigenvalue weighted by molar-refractivity contribution is 5.76. The van der Waals surface area contributed by atoms with Crippen molar-refractivity contribution in [1.29, 1.82) is 0 Å². The maximum atomic E-state index is 11.7. The Labute approximate surface area is 101 Å². The summed E-state index contributed by atoms with van der Waals surface area (Å²) >= 11 is 0. The molecule has 0 heterocycles. The van der Waals surface area contributed by atoms with Crippen LogP contribution in [0.1, 0.15) is 47.5 Å². The Hall–Kier alpha value is -0.570. The van der Waals surface area contributed by atoms with Crippen LogP contribution in [0.5, 0.6) is 0 Å². The summed E-state index contributed by atoms with van der Waals surface area (Å²) in [5.74, 6) is 0.893. The highest BCUT2D eigenvalue weighted by Gasteiger charge is 2.12. The first-order valence-electron chi connectivity index (χ1n) is 6.57. The molecule has 3 nitrogen and oxygen atoms in total. The van der Waals surface area contributed by atoms with Gasteiger partial charge in [0.15, 0.2) is 0 Å². The monoisotopic (exact) mass is 228 g/mol. The molecule has 0 saturated carbocycles. The van der Waals surface area contributed by atoms with Gasteiger partial charge in [0.1, 0.15) is 0 Å². The van der Waals surface area contributed by atoms with E-state index in [1.165, 1.54) is 0 Å². The molecule has 1 unspecified atom stereocenters. The van der Waals surface area contributed by atoms with Crippen molar-refractivity contribution in [3.05, 3.63) is 0 Å². The lowest BCUT2D eigenvalue weighted by Crippen LogP contribution is -2.37. The number of hydrogen-bond donors (Lipinski definition) is 1. The molecule has 96 valence electrons. The van der Waals surface area contributed by atoms with Crippen LogP contribution in [0.2, 0.25) is 0 Å². The highest BCUT2D eigenvalue weighted by Crippen LogP contribution is 2.05. The number of carbonyl (C=O) groups excluding carboxylic acids is 1. The van der Waals surface area contributed by atoms with E-state index in [-0.39, 0.29) is 5.91 Å². The van der Waals surface area contributed by atoms with Crippen molar-refractivity contribution in [3.8, 4) is 0 Å². The van der Waals surface area contributed by atoms with E-state index in [0.29, 0.717) is 18.4 Å². The van der Waals surface area contributed by atoms with Crippen LogP contribution in [0.3, 0.4) is 0 Å². The molecule has 3 heteroatoms. The SMILES string of the molecule is CCC(NCCC(=O)N(CC)CC)C(C)C. The molecule has 0 spiro atoms. The molecular weight excluding hydrogens is 200 g/mol. The number of rotatable bonds is 8. The third kappa shape index (κ3) is 5.50. The fourth-order valence-electron chi connectivity index (χ4n) is 1.95. The normalized spacial score (nSPS) is 12.9. The number of nitrogens with one attached hydrogen (secondary N) is 1. The topological polar surface area (TPSA) is 32.3 Å². The third-order valence-electron chi connectivity index (χ3n) is 3.11. The molecule has 1 amide bonds.